The van der Waals surface area contributed by atoms with E-state index in [1.165, 1.54) is 12.1 Å². The molecule has 0 amide bonds. The largest absolute Gasteiger partial charge is 0.497 e. The quantitative estimate of drug-likeness (QED) is 0.763. The van der Waals surface area contributed by atoms with Crippen molar-refractivity contribution in [2.45, 2.75) is 18.5 Å². The minimum atomic E-state index is -4.33. The fraction of sp³-hybridized carbons (Fsp3) is 0.278. The lowest BCUT2D eigenvalue weighted by molar-refractivity contribution is -0.137. The summed E-state index contributed by atoms with van der Waals surface area (Å²) < 4.78 is 42.7. The van der Waals surface area contributed by atoms with Gasteiger partial charge in [0.25, 0.3) is 0 Å². The first-order valence-electron chi connectivity index (χ1n) is 7.25. The molecule has 0 radical (unpaired) electrons. The molecular weight excluding hydrogens is 305 g/mol. The number of methoxy groups -OCH3 is 1. The van der Waals surface area contributed by atoms with E-state index in [1.54, 1.807) is 31.4 Å². The van der Waals surface area contributed by atoms with Crippen molar-refractivity contribution in [2.75, 3.05) is 7.11 Å². The zero-order valence-corrected chi connectivity index (χ0v) is 12.4. The highest BCUT2D eigenvalue weighted by atomic mass is 19.4. The van der Waals surface area contributed by atoms with Crippen LogP contribution < -0.4 is 4.74 Å². The molecule has 0 saturated heterocycles. The third-order valence-electron chi connectivity index (χ3n) is 4.17. The summed E-state index contributed by atoms with van der Waals surface area (Å²) in [6, 6.07) is 12.0. The number of hydrogen-bond acceptors (Lipinski definition) is 2. The van der Waals surface area contributed by atoms with E-state index in [-0.39, 0.29) is 17.6 Å². The van der Waals surface area contributed by atoms with Gasteiger partial charge in [-0.3, -0.25) is 4.79 Å². The third-order valence-corrected chi connectivity index (χ3v) is 4.17. The summed E-state index contributed by atoms with van der Waals surface area (Å²) in [6.07, 6.45) is -3.66. The van der Waals surface area contributed by atoms with E-state index >= 15 is 0 Å². The molecule has 0 aromatic heterocycles. The van der Waals surface area contributed by atoms with Crippen LogP contribution in [0.15, 0.2) is 48.5 Å². The summed E-state index contributed by atoms with van der Waals surface area (Å²) in [4.78, 5) is 12.4. The van der Waals surface area contributed by atoms with Crippen LogP contribution >= 0.6 is 0 Å². The Kier molecular flexibility index (Phi) is 3.88. The van der Waals surface area contributed by atoms with Crippen molar-refractivity contribution in [3.8, 4) is 5.75 Å². The maximum Gasteiger partial charge on any atom is 0.416 e. The minimum absolute atomic E-state index is 0.00638. The number of hydrogen-bond donors (Lipinski definition) is 0. The Morgan fingerprint density at radius 3 is 2.17 bits per heavy atom. The molecule has 2 aromatic carbocycles. The number of halogens is 3. The van der Waals surface area contributed by atoms with E-state index in [0.29, 0.717) is 17.7 Å². The normalized spacial score (nSPS) is 20.2. The van der Waals surface area contributed by atoms with Crippen LogP contribution in [0.2, 0.25) is 0 Å². The Hall–Kier alpha value is -2.30. The first-order valence-corrected chi connectivity index (χ1v) is 7.25. The third kappa shape index (κ3) is 3.23. The van der Waals surface area contributed by atoms with E-state index in [0.717, 1.165) is 17.7 Å². The van der Waals surface area contributed by atoms with Crippen molar-refractivity contribution < 1.29 is 22.7 Å². The fourth-order valence-electron chi connectivity index (χ4n) is 2.74. The van der Waals surface area contributed by atoms with Crippen molar-refractivity contribution in [3.63, 3.8) is 0 Å². The van der Waals surface area contributed by atoms with Gasteiger partial charge in [0.2, 0.25) is 0 Å². The highest BCUT2D eigenvalue weighted by Crippen LogP contribution is 2.49. The van der Waals surface area contributed by atoms with Crippen LogP contribution in [-0.4, -0.2) is 12.9 Å². The number of carbonyl (C=O) groups excluding carboxylic acids is 1. The van der Waals surface area contributed by atoms with E-state index in [2.05, 4.69) is 0 Å². The number of ether oxygens (including phenoxy) is 1. The molecule has 0 aliphatic heterocycles. The van der Waals surface area contributed by atoms with Crippen molar-refractivity contribution in [3.05, 3.63) is 65.2 Å². The van der Waals surface area contributed by atoms with Crippen LogP contribution in [-0.2, 0) is 6.18 Å². The molecule has 0 spiro atoms. The molecule has 5 heteroatoms. The molecule has 2 atom stereocenters. The molecule has 3 rings (SSSR count). The molecule has 1 aliphatic rings. The second kappa shape index (κ2) is 5.72. The molecule has 0 unspecified atom stereocenters. The lowest BCUT2D eigenvalue weighted by Crippen LogP contribution is -2.05. The predicted octanol–water partition coefficient (Wildman–Crippen LogP) is 4.70. The molecule has 23 heavy (non-hydrogen) atoms. The van der Waals surface area contributed by atoms with Gasteiger partial charge in [-0.05, 0) is 54.3 Å². The molecule has 2 aromatic rings. The van der Waals surface area contributed by atoms with Gasteiger partial charge in [-0.1, -0.05) is 12.1 Å². The maximum absolute atomic E-state index is 12.6. The number of Topliss-reactive ketones (excluding diaryl/α,β-unsaturated/α-hetero) is 1. The van der Waals surface area contributed by atoms with Crippen LogP contribution in [0.1, 0.15) is 33.8 Å². The molecule has 0 heterocycles. The highest BCUT2D eigenvalue weighted by Gasteiger charge is 2.44. The van der Waals surface area contributed by atoms with Crippen LogP contribution in [0.5, 0.6) is 5.75 Å². The first kappa shape index (κ1) is 15.6. The van der Waals surface area contributed by atoms with Crippen molar-refractivity contribution in [2.24, 2.45) is 5.92 Å². The molecular formula is C18H15F3O2. The fourth-order valence-corrected chi connectivity index (χ4v) is 2.74. The van der Waals surface area contributed by atoms with E-state index in [9.17, 15) is 18.0 Å². The molecule has 120 valence electrons. The van der Waals surface area contributed by atoms with Crippen LogP contribution in [0, 0.1) is 5.92 Å². The molecule has 1 saturated carbocycles. The minimum Gasteiger partial charge on any atom is -0.497 e. The van der Waals surface area contributed by atoms with Gasteiger partial charge in [0.15, 0.2) is 5.78 Å². The van der Waals surface area contributed by atoms with Crippen LogP contribution in [0.25, 0.3) is 0 Å². The lowest BCUT2D eigenvalue weighted by atomic mass is 10.0. The Morgan fingerprint density at radius 2 is 1.65 bits per heavy atom. The smallest absolute Gasteiger partial charge is 0.416 e. The summed E-state index contributed by atoms with van der Waals surface area (Å²) >= 11 is 0. The summed E-state index contributed by atoms with van der Waals surface area (Å²) in [5.41, 5.74) is 0.718. The standard InChI is InChI=1S/C18H15F3O2/c1-23-14-8-4-12(5-9-14)17(22)16-10-15(16)11-2-6-13(7-3-11)18(19,20)21/h2-9,15-16H,10H2,1H3/t15-,16+/m0/s1. The van der Waals surface area contributed by atoms with Crippen LogP contribution in [0.4, 0.5) is 13.2 Å². The maximum atomic E-state index is 12.6. The predicted molar refractivity (Wildman–Crippen MR) is 79.6 cm³/mol. The summed E-state index contributed by atoms with van der Waals surface area (Å²) in [6.45, 7) is 0. The van der Waals surface area contributed by atoms with Crippen LogP contribution in [0.3, 0.4) is 0 Å². The van der Waals surface area contributed by atoms with Crippen molar-refractivity contribution in [1.82, 2.24) is 0 Å². The topological polar surface area (TPSA) is 26.3 Å². The van der Waals surface area contributed by atoms with E-state index < -0.39 is 11.7 Å². The number of benzene rings is 2. The summed E-state index contributed by atoms with van der Waals surface area (Å²) in [5, 5.41) is 0. The average Bonchev–Trinajstić information content (AvgIpc) is 3.34. The molecule has 0 N–H and O–H groups in total. The Morgan fingerprint density at radius 1 is 1.04 bits per heavy atom. The number of alkyl halides is 3. The van der Waals surface area contributed by atoms with E-state index in [1.807, 2.05) is 0 Å². The lowest BCUT2D eigenvalue weighted by Gasteiger charge is -2.07. The van der Waals surface area contributed by atoms with E-state index in [4.69, 9.17) is 4.74 Å². The van der Waals surface area contributed by atoms with Gasteiger partial charge in [-0.25, -0.2) is 0 Å². The zero-order valence-electron chi connectivity index (χ0n) is 12.4. The molecule has 1 aliphatic carbocycles. The molecule has 0 bridgehead atoms. The number of ketones is 1. The van der Waals surface area contributed by atoms with Crippen molar-refractivity contribution in [1.29, 1.82) is 0 Å². The van der Waals surface area contributed by atoms with Gasteiger partial charge in [0, 0.05) is 11.5 Å². The van der Waals surface area contributed by atoms with Gasteiger partial charge in [-0.15, -0.1) is 0 Å². The Labute approximate surface area is 131 Å². The van der Waals surface area contributed by atoms with Gasteiger partial charge < -0.3 is 4.74 Å². The number of rotatable bonds is 4. The van der Waals surface area contributed by atoms with Gasteiger partial charge >= 0.3 is 6.18 Å². The second-order valence-corrected chi connectivity index (χ2v) is 5.66. The van der Waals surface area contributed by atoms with Crippen molar-refractivity contribution >= 4 is 5.78 Å². The van der Waals surface area contributed by atoms with Gasteiger partial charge in [-0.2, -0.15) is 13.2 Å². The first-order chi connectivity index (χ1) is 10.9. The Balaban J connectivity index is 1.69. The highest BCUT2D eigenvalue weighted by molar-refractivity contribution is 6.00. The van der Waals surface area contributed by atoms with Gasteiger partial charge in [0.05, 0.1) is 12.7 Å². The second-order valence-electron chi connectivity index (χ2n) is 5.66. The SMILES string of the molecule is COc1ccc(C(=O)[C@@H]2C[C@H]2c2ccc(C(F)(F)F)cc2)cc1. The zero-order chi connectivity index (χ0) is 16.6. The molecule has 1 fully saturated rings. The summed E-state index contributed by atoms with van der Waals surface area (Å²) in [5.74, 6) is 0.557. The summed E-state index contributed by atoms with van der Waals surface area (Å²) in [7, 11) is 1.55. The van der Waals surface area contributed by atoms with Gasteiger partial charge in [0.1, 0.15) is 5.75 Å². The molecule has 2 nitrogen and oxygen atoms in total. The average molecular weight is 320 g/mol. The monoisotopic (exact) mass is 320 g/mol. The number of carbonyl (C=O) groups is 1. The Bertz CT molecular complexity index is 703.